The molecule has 74 valence electrons. The normalized spacial score (nSPS) is 25.0. The Morgan fingerprint density at radius 1 is 1.36 bits per heavy atom. The summed E-state index contributed by atoms with van der Waals surface area (Å²) in [6.07, 6.45) is 0. The number of benzene rings is 1. The second kappa shape index (κ2) is 3.37. The third-order valence-corrected chi connectivity index (χ3v) is 3.94. The maximum atomic E-state index is 6.12. The summed E-state index contributed by atoms with van der Waals surface area (Å²) in [5.41, 5.74) is 2.88. The highest BCUT2D eigenvalue weighted by molar-refractivity contribution is 7.89. The van der Waals surface area contributed by atoms with Crippen molar-refractivity contribution in [3.63, 3.8) is 0 Å². The fraction of sp³-hybridized carbons (Fsp3) is 0.222. The zero-order valence-electron chi connectivity index (χ0n) is 7.83. The number of rotatable bonds is 0. The molecule has 0 radical (unpaired) electrons. The van der Waals surface area contributed by atoms with Gasteiger partial charge in [0.25, 0.3) is 0 Å². The van der Waals surface area contributed by atoms with Crippen LogP contribution in [0.2, 0.25) is 0 Å². The number of hydrogen-bond acceptors (Lipinski definition) is 2. The molecule has 0 saturated heterocycles. The van der Waals surface area contributed by atoms with Gasteiger partial charge in [0.1, 0.15) is 5.17 Å². The zero-order chi connectivity index (χ0) is 10.3. The number of nitrogens with zero attached hydrogens (tertiary/aromatic N) is 2. The summed E-state index contributed by atoms with van der Waals surface area (Å²) in [6.45, 7) is 1.74. The summed E-state index contributed by atoms with van der Waals surface area (Å²) in [7, 11) is 0. The van der Waals surface area contributed by atoms with E-state index in [4.69, 9.17) is 22.8 Å². The molecule has 5 heteroatoms. The minimum atomic E-state index is -2.09. The highest BCUT2D eigenvalue weighted by Gasteiger charge is 2.18. The molecule has 0 spiro atoms. The van der Waals surface area contributed by atoms with Crippen molar-refractivity contribution in [2.24, 2.45) is 9.51 Å². The van der Waals surface area contributed by atoms with Crippen molar-refractivity contribution >= 4 is 40.3 Å². The second-order valence-electron chi connectivity index (χ2n) is 3.32. The van der Waals surface area contributed by atoms with E-state index in [0.29, 0.717) is 5.17 Å². The summed E-state index contributed by atoms with van der Waals surface area (Å²) < 4.78 is 8.57. The number of hydrogen-bond donors (Lipinski definition) is 0. The van der Waals surface area contributed by atoms with Crippen molar-refractivity contribution in [3.8, 4) is 0 Å². The fourth-order valence-electron chi connectivity index (χ4n) is 1.33. The number of aryl methyl sites for hydroxylation is 1. The molecule has 1 atom stereocenters. The van der Waals surface area contributed by atoms with Gasteiger partial charge in [-0.25, -0.2) is 9.51 Å². The molecule has 0 fully saturated rings. The van der Waals surface area contributed by atoms with E-state index in [1.165, 1.54) is 0 Å². The summed E-state index contributed by atoms with van der Waals surface area (Å²) in [4.78, 5) is 0. The lowest BCUT2D eigenvalue weighted by Gasteiger charge is -2.15. The standard InChI is InChI=1S/C9H9Cl2N2P/c1-6-3-4-7-8(5-6)12-14(2,11)13-9(7)10/h3-5H,1-2H3. The lowest BCUT2D eigenvalue weighted by Crippen LogP contribution is -1.95. The van der Waals surface area contributed by atoms with Crippen LogP contribution in [0.25, 0.3) is 0 Å². The van der Waals surface area contributed by atoms with Crippen LogP contribution in [0.1, 0.15) is 11.1 Å². The number of fused-ring (bicyclic) bond motifs is 1. The molecule has 14 heavy (non-hydrogen) atoms. The van der Waals surface area contributed by atoms with Crippen molar-refractivity contribution in [1.29, 1.82) is 0 Å². The first-order chi connectivity index (χ1) is 6.48. The van der Waals surface area contributed by atoms with Gasteiger partial charge in [-0.1, -0.05) is 28.9 Å². The summed E-state index contributed by atoms with van der Waals surface area (Å²) in [5, 5.41) is 0.473. The molecule has 0 saturated carbocycles. The maximum absolute atomic E-state index is 6.12. The zero-order valence-corrected chi connectivity index (χ0v) is 10.2. The van der Waals surface area contributed by atoms with Crippen LogP contribution in [0.3, 0.4) is 0 Å². The van der Waals surface area contributed by atoms with Crippen molar-refractivity contribution in [2.75, 3.05) is 6.66 Å². The summed E-state index contributed by atoms with van der Waals surface area (Å²) in [5.74, 6) is 0. The van der Waals surface area contributed by atoms with E-state index in [1.807, 2.05) is 31.8 Å². The first kappa shape index (κ1) is 10.2. The molecule has 1 heterocycles. The topological polar surface area (TPSA) is 24.7 Å². The molecule has 0 bridgehead atoms. The van der Waals surface area contributed by atoms with Crippen molar-refractivity contribution in [2.45, 2.75) is 6.92 Å². The van der Waals surface area contributed by atoms with Crippen LogP contribution in [0, 0.1) is 6.92 Å². The van der Waals surface area contributed by atoms with Crippen LogP contribution in [0.4, 0.5) is 5.69 Å². The molecule has 1 aromatic carbocycles. The summed E-state index contributed by atoms with van der Waals surface area (Å²) >= 11 is 12.1. The van der Waals surface area contributed by atoms with Gasteiger partial charge in [-0.15, -0.1) is 0 Å². The molecule has 1 aliphatic heterocycles. The van der Waals surface area contributed by atoms with E-state index in [2.05, 4.69) is 9.51 Å². The predicted molar refractivity (Wildman–Crippen MR) is 64.4 cm³/mol. The third kappa shape index (κ3) is 1.88. The largest absolute Gasteiger partial charge is 0.230 e. The maximum Gasteiger partial charge on any atom is 0.162 e. The van der Waals surface area contributed by atoms with Gasteiger partial charge in [-0.05, 0) is 24.6 Å². The van der Waals surface area contributed by atoms with Crippen LogP contribution >= 0.6 is 29.4 Å². The molecule has 0 amide bonds. The SMILES string of the molecule is Cc1ccc2c(c1)N=P(C)(Cl)N=C2Cl. The Kier molecular flexibility index (Phi) is 2.46. The van der Waals surface area contributed by atoms with Crippen molar-refractivity contribution < 1.29 is 0 Å². The Morgan fingerprint density at radius 2 is 2.07 bits per heavy atom. The average Bonchev–Trinajstić information content (AvgIpc) is 2.00. The lowest BCUT2D eigenvalue weighted by atomic mass is 10.1. The Morgan fingerprint density at radius 3 is 2.79 bits per heavy atom. The molecule has 1 aromatic rings. The van der Waals surface area contributed by atoms with E-state index in [0.717, 1.165) is 16.8 Å². The Labute approximate surface area is 92.9 Å². The van der Waals surface area contributed by atoms with Gasteiger partial charge in [0, 0.05) is 12.2 Å². The first-order valence-electron chi connectivity index (χ1n) is 4.14. The van der Waals surface area contributed by atoms with E-state index in [1.54, 1.807) is 0 Å². The third-order valence-electron chi connectivity index (χ3n) is 1.94. The molecule has 2 nitrogen and oxygen atoms in total. The van der Waals surface area contributed by atoms with Gasteiger partial charge in [0.2, 0.25) is 0 Å². The molecular weight excluding hydrogens is 238 g/mol. The first-order valence-corrected chi connectivity index (χ1v) is 7.57. The molecule has 0 aromatic heterocycles. The average molecular weight is 247 g/mol. The summed E-state index contributed by atoms with van der Waals surface area (Å²) in [6, 6.07) is 5.89. The van der Waals surface area contributed by atoms with Crippen LogP contribution in [-0.4, -0.2) is 11.8 Å². The van der Waals surface area contributed by atoms with Gasteiger partial charge in [0.15, 0.2) is 6.56 Å². The van der Waals surface area contributed by atoms with E-state index in [-0.39, 0.29) is 0 Å². The minimum Gasteiger partial charge on any atom is -0.230 e. The van der Waals surface area contributed by atoms with Gasteiger partial charge < -0.3 is 0 Å². The van der Waals surface area contributed by atoms with Crippen LogP contribution < -0.4 is 0 Å². The van der Waals surface area contributed by atoms with Crippen LogP contribution in [0.5, 0.6) is 0 Å². The minimum absolute atomic E-state index is 0.473. The van der Waals surface area contributed by atoms with Gasteiger partial charge >= 0.3 is 0 Å². The van der Waals surface area contributed by atoms with Gasteiger partial charge in [0.05, 0.1) is 5.69 Å². The van der Waals surface area contributed by atoms with Crippen molar-refractivity contribution in [1.82, 2.24) is 0 Å². The smallest absolute Gasteiger partial charge is 0.162 e. The molecule has 0 N–H and O–H groups in total. The Hall–Kier alpha value is -0.300. The Bertz CT molecular complexity index is 474. The fourth-order valence-corrected chi connectivity index (χ4v) is 3.55. The molecule has 0 aliphatic carbocycles. The van der Waals surface area contributed by atoms with Crippen molar-refractivity contribution in [3.05, 3.63) is 29.3 Å². The monoisotopic (exact) mass is 246 g/mol. The lowest BCUT2D eigenvalue weighted by molar-refractivity contribution is 1.41. The van der Waals surface area contributed by atoms with Gasteiger partial charge in [-0.3, -0.25) is 0 Å². The predicted octanol–water partition coefficient (Wildman–Crippen LogP) is 4.53. The quantitative estimate of drug-likeness (QED) is 0.602. The second-order valence-corrected chi connectivity index (χ2v) is 7.62. The van der Waals surface area contributed by atoms with Crippen LogP contribution in [-0.2, 0) is 0 Å². The number of halogens is 2. The van der Waals surface area contributed by atoms with Gasteiger partial charge in [-0.2, -0.15) is 0 Å². The van der Waals surface area contributed by atoms with E-state index in [9.17, 15) is 0 Å². The van der Waals surface area contributed by atoms with E-state index < -0.39 is 6.56 Å². The highest BCUT2D eigenvalue weighted by atomic mass is 35.7. The molecule has 1 aliphatic rings. The molecular formula is C9H9Cl2N2P. The Balaban J connectivity index is 2.71. The van der Waals surface area contributed by atoms with E-state index >= 15 is 0 Å². The molecule has 1 unspecified atom stereocenters. The molecule has 2 rings (SSSR count). The van der Waals surface area contributed by atoms with Crippen LogP contribution in [0.15, 0.2) is 27.7 Å². The highest BCUT2D eigenvalue weighted by Crippen LogP contribution is 2.58.